The van der Waals surface area contributed by atoms with Gasteiger partial charge in [-0.2, -0.15) is 0 Å². The fourth-order valence-corrected chi connectivity index (χ4v) is 3.52. The van der Waals surface area contributed by atoms with Crippen LogP contribution in [0.15, 0.2) is 45.3 Å². The Bertz CT molecular complexity index is 622. The molecule has 0 radical (unpaired) electrons. The van der Waals surface area contributed by atoms with E-state index >= 15 is 0 Å². The number of benzene rings is 2. The number of hydrogen-bond donors (Lipinski definition) is 2. The molecule has 2 aromatic rings. The van der Waals surface area contributed by atoms with E-state index in [1.807, 2.05) is 18.2 Å². The van der Waals surface area contributed by atoms with Gasteiger partial charge in [0.25, 0.3) is 0 Å². The first kappa shape index (κ1) is 15.9. The minimum absolute atomic E-state index is 0.125. The average Bonchev–Trinajstić information content (AvgIpc) is 2.39. The van der Waals surface area contributed by atoms with Crippen LogP contribution in [0.4, 0.5) is 4.39 Å². The van der Waals surface area contributed by atoms with Gasteiger partial charge in [-0.15, -0.1) is 0 Å². The van der Waals surface area contributed by atoms with Crippen molar-refractivity contribution in [3.63, 3.8) is 0 Å². The number of nitrogens with one attached hydrogen (secondary N) is 1. The van der Waals surface area contributed by atoms with Crippen molar-refractivity contribution in [3.05, 3.63) is 67.3 Å². The Labute approximate surface area is 138 Å². The van der Waals surface area contributed by atoms with Crippen LogP contribution in [0.5, 0.6) is 0 Å². The molecule has 0 spiro atoms. The lowest BCUT2D eigenvalue weighted by Crippen LogP contribution is -2.30. The van der Waals surface area contributed by atoms with Crippen LogP contribution in [0.3, 0.4) is 0 Å². The van der Waals surface area contributed by atoms with Gasteiger partial charge in [0.2, 0.25) is 0 Å². The van der Waals surface area contributed by atoms with E-state index in [4.69, 9.17) is 17.4 Å². The summed E-state index contributed by atoms with van der Waals surface area (Å²) in [5, 5.41) is 0.401. The maximum atomic E-state index is 13.1. The maximum absolute atomic E-state index is 13.1. The number of hydrogen-bond acceptors (Lipinski definition) is 2. The van der Waals surface area contributed by atoms with E-state index in [1.165, 1.54) is 12.1 Å². The van der Waals surface area contributed by atoms with E-state index in [1.54, 1.807) is 6.07 Å². The molecule has 6 heteroatoms. The molecule has 2 rings (SSSR count). The molecule has 2 aromatic carbocycles. The van der Waals surface area contributed by atoms with Crippen LogP contribution in [0.2, 0.25) is 5.02 Å². The molecule has 0 saturated heterocycles. The number of halogens is 4. The van der Waals surface area contributed by atoms with E-state index in [0.717, 1.165) is 20.1 Å². The third-order valence-electron chi connectivity index (χ3n) is 2.98. The molecule has 3 N–H and O–H groups in total. The van der Waals surface area contributed by atoms with Crippen molar-refractivity contribution in [1.82, 2.24) is 5.43 Å². The molecule has 0 fully saturated rings. The summed E-state index contributed by atoms with van der Waals surface area (Å²) >= 11 is 13.0. The summed E-state index contributed by atoms with van der Waals surface area (Å²) in [6.07, 6.45) is 0.565. The molecule has 20 heavy (non-hydrogen) atoms. The van der Waals surface area contributed by atoms with Crippen LogP contribution in [0, 0.1) is 5.82 Å². The van der Waals surface area contributed by atoms with Gasteiger partial charge >= 0.3 is 0 Å². The minimum Gasteiger partial charge on any atom is -0.271 e. The summed E-state index contributed by atoms with van der Waals surface area (Å²) in [6, 6.07) is 10.1. The first-order valence-electron chi connectivity index (χ1n) is 5.86. The van der Waals surface area contributed by atoms with Crippen LogP contribution >= 0.6 is 43.5 Å². The van der Waals surface area contributed by atoms with Crippen molar-refractivity contribution in [2.45, 2.75) is 12.5 Å². The van der Waals surface area contributed by atoms with Crippen LogP contribution < -0.4 is 11.3 Å². The van der Waals surface area contributed by atoms with Crippen molar-refractivity contribution in [1.29, 1.82) is 0 Å². The van der Waals surface area contributed by atoms with Gasteiger partial charge in [-0.3, -0.25) is 11.3 Å². The zero-order valence-corrected chi connectivity index (χ0v) is 14.3. The van der Waals surface area contributed by atoms with Gasteiger partial charge in [0, 0.05) is 14.0 Å². The molecule has 0 aromatic heterocycles. The fourth-order valence-electron chi connectivity index (χ4n) is 1.95. The lowest BCUT2D eigenvalue weighted by molar-refractivity contribution is 0.549. The van der Waals surface area contributed by atoms with Crippen LogP contribution in [0.25, 0.3) is 0 Å². The van der Waals surface area contributed by atoms with Gasteiger partial charge in [0.05, 0.1) is 6.04 Å². The molecule has 0 aliphatic rings. The molecule has 0 amide bonds. The van der Waals surface area contributed by atoms with Crippen LogP contribution in [0.1, 0.15) is 17.2 Å². The number of rotatable bonds is 4. The van der Waals surface area contributed by atoms with Gasteiger partial charge < -0.3 is 0 Å². The Morgan fingerprint density at radius 2 is 1.95 bits per heavy atom. The van der Waals surface area contributed by atoms with Gasteiger partial charge in [0.15, 0.2) is 0 Å². The molecule has 0 aliphatic carbocycles. The lowest BCUT2D eigenvalue weighted by atomic mass is 9.99. The van der Waals surface area contributed by atoms with Crippen LogP contribution in [-0.4, -0.2) is 0 Å². The Kier molecular flexibility index (Phi) is 5.57. The molecule has 1 unspecified atom stereocenters. The summed E-state index contributed by atoms with van der Waals surface area (Å²) < 4.78 is 15.0. The molecular formula is C14H12Br2ClFN2. The van der Waals surface area contributed by atoms with E-state index in [9.17, 15) is 4.39 Å². The highest BCUT2D eigenvalue weighted by atomic mass is 79.9. The smallest absolute Gasteiger partial charge is 0.124 e. The summed E-state index contributed by atoms with van der Waals surface area (Å²) in [7, 11) is 0. The van der Waals surface area contributed by atoms with E-state index in [2.05, 4.69) is 37.3 Å². The van der Waals surface area contributed by atoms with Crippen molar-refractivity contribution >= 4 is 43.5 Å². The average molecular weight is 423 g/mol. The summed E-state index contributed by atoms with van der Waals surface area (Å²) in [5.41, 5.74) is 4.62. The molecule has 0 heterocycles. The molecule has 0 aliphatic heterocycles. The fraction of sp³-hybridized carbons (Fsp3) is 0.143. The number of hydrazine groups is 1. The van der Waals surface area contributed by atoms with Crippen molar-refractivity contribution < 1.29 is 4.39 Å². The third kappa shape index (κ3) is 3.80. The van der Waals surface area contributed by atoms with Crippen molar-refractivity contribution in [2.75, 3.05) is 0 Å². The molecule has 2 nitrogen and oxygen atoms in total. The zero-order valence-electron chi connectivity index (χ0n) is 10.3. The van der Waals surface area contributed by atoms with E-state index < -0.39 is 0 Å². The molecular weight excluding hydrogens is 410 g/mol. The quantitative estimate of drug-likeness (QED) is 0.551. The molecule has 106 valence electrons. The van der Waals surface area contributed by atoms with E-state index in [-0.39, 0.29) is 11.9 Å². The largest absolute Gasteiger partial charge is 0.271 e. The second kappa shape index (κ2) is 7.00. The minimum atomic E-state index is -0.346. The standard InChI is InChI=1S/C14H12Br2ClFN2/c15-9-2-4-11(12(16)6-9)14(20-19)5-8-1-3-10(18)7-13(8)17/h1-4,6-7,14,20H,5,19H2. The van der Waals surface area contributed by atoms with Gasteiger partial charge in [-0.25, -0.2) is 4.39 Å². The Morgan fingerprint density at radius 3 is 2.55 bits per heavy atom. The second-order valence-electron chi connectivity index (χ2n) is 4.32. The normalized spacial score (nSPS) is 12.4. The Hall–Kier alpha value is -0.460. The Balaban J connectivity index is 2.28. The summed E-state index contributed by atoms with van der Waals surface area (Å²) in [6.45, 7) is 0. The molecule has 0 bridgehead atoms. The Morgan fingerprint density at radius 1 is 1.20 bits per heavy atom. The van der Waals surface area contributed by atoms with Crippen molar-refractivity contribution in [2.24, 2.45) is 5.84 Å². The SMILES string of the molecule is NNC(Cc1ccc(F)cc1Cl)c1ccc(Br)cc1Br. The molecule has 1 atom stereocenters. The highest BCUT2D eigenvalue weighted by molar-refractivity contribution is 9.11. The maximum Gasteiger partial charge on any atom is 0.124 e. The summed E-state index contributed by atoms with van der Waals surface area (Å²) in [5.74, 6) is 5.29. The zero-order chi connectivity index (χ0) is 14.7. The predicted octanol–water partition coefficient (Wildman–Crippen LogP) is 4.75. The predicted molar refractivity (Wildman–Crippen MR) is 87.0 cm³/mol. The van der Waals surface area contributed by atoms with Gasteiger partial charge in [0.1, 0.15) is 5.82 Å². The first-order chi connectivity index (χ1) is 9.51. The first-order valence-corrected chi connectivity index (χ1v) is 7.82. The lowest BCUT2D eigenvalue weighted by Gasteiger charge is -2.19. The topological polar surface area (TPSA) is 38.0 Å². The highest BCUT2D eigenvalue weighted by Gasteiger charge is 2.15. The summed E-state index contributed by atoms with van der Waals surface area (Å²) in [4.78, 5) is 0. The number of nitrogens with two attached hydrogens (primary N) is 1. The van der Waals surface area contributed by atoms with Crippen molar-refractivity contribution in [3.8, 4) is 0 Å². The third-order valence-corrected chi connectivity index (χ3v) is 4.51. The van der Waals surface area contributed by atoms with Gasteiger partial charge in [-0.1, -0.05) is 55.6 Å². The molecule has 0 saturated carbocycles. The van der Waals surface area contributed by atoms with Crippen LogP contribution in [-0.2, 0) is 6.42 Å². The second-order valence-corrected chi connectivity index (χ2v) is 6.50. The highest BCUT2D eigenvalue weighted by Crippen LogP contribution is 2.30. The van der Waals surface area contributed by atoms with Gasteiger partial charge in [-0.05, 0) is 41.8 Å². The monoisotopic (exact) mass is 420 g/mol. The van der Waals surface area contributed by atoms with E-state index in [0.29, 0.717) is 11.4 Å².